The topological polar surface area (TPSA) is 50.2 Å². The van der Waals surface area contributed by atoms with Crippen LogP contribution in [0, 0.1) is 25.2 Å². The number of aromatic nitrogens is 2. The van der Waals surface area contributed by atoms with Crippen LogP contribution < -0.4 is 10.2 Å². The standard InChI is InChI=1S/C23H27F3N4O/c1-14-7-17(29-5-6-30-18(13-29)10-19(28-30)23(24,25)26)8-15(2)21(14)27-20(31)9-16-11-22(12-16)3-4-22/h7-8,10,16H,3-6,9,11-13H2,1-2H3,(H,27,31). The van der Waals surface area contributed by atoms with E-state index < -0.39 is 11.9 Å². The molecule has 2 aliphatic carbocycles. The monoisotopic (exact) mass is 432 g/mol. The Labute approximate surface area is 179 Å². The molecule has 1 aromatic carbocycles. The highest BCUT2D eigenvalue weighted by Gasteiger charge is 2.52. The maximum atomic E-state index is 13.0. The molecule has 0 bridgehead atoms. The lowest BCUT2D eigenvalue weighted by atomic mass is 9.70. The van der Waals surface area contributed by atoms with Gasteiger partial charge in [-0.1, -0.05) is 0 Å². The van der Waals surface area contributed by atoms with Crippen molar-refractivity contribution in [2.24, 2.45) is 11.3 Å². The number of hydrogen-bond acceptors (Lipinski definition) is 3. The van der Waals surface area contributed by atoms with E-state index in [0.717, 1.165) is 28.6 Å². The maximum Gasteiger partial charge on any atom is 0.435 e. The van der Waals surface area contributed by atoms with Gasteiger partial charge in [-0.3, -0.25) is 9.48 Å². The lowest BCUT2D eigenvalue weighted by Crippen LogP contribution is -2.34. The van der Waals surface area contributed by atoms with Gasteiger partial charge in [-0.2, -0.15) is 18.3 Å². The fraction of sp³-hybridized carbons (Fsp3) is 0.565. The van der Waals surface area contributed by atoms with Crippen LogP contribution in [-0.4, -0.2) is 22.2 Å². The number of aryl methyl sites for hydroxylation is 2. The highest BCUT2D eigenvalue weighted by atomic mass is 19.4. The molecule has 5 nitrogen and oxygen atoms in total. The molecule has 2 saturated carbocycles. The van der Waals surface area contributed by atoms with E-state index in [1.54, 1.807) is 0 Å². The number of hydrogen-bond donors (Lipinski definition) is 1. The normalized spacial score (nSPS) is 19.8. The van der Waals surface area contributed by atoms with E-state index in [4.69, 9.17) is 0 Å². The second kappa shape index (κ2) is 7.00. The summed E-state index contributed by atoms with van der Waals surface area (Å²) in [5, 5.41) is 6.79. The fourth-order valence-electron chi connectivity index (χ4n) is 5.29. The number of anilines is 2. The van der Waals surface area contributed by atoms with E-state index in [0.29, 0.717) is 43.1 Å². The van der Waals surface area contributed by atoms with Gasteiger partial charge in [0.15, 0.2) is 5.69 Å². The Morgan fingerprint density at radius 2 is 1.84 bits per heavy atom. The van der Waals surface area contributed by atoms with Crippen molar-refractivity contribution in [2.45, 2.75) is 65.2 Å². The van der Waals surface area contributed by atoms with Gasteiger partial charge in [0, 0.05) is 24.3 Å². The molecule has 0 atom stereocenters. The largest absolute Gasteiger partial charge is 0.435 e. The van der Waals surface area contributed by atoms with E-state index in [1.807, 2.05) is 26.0 Å². The minimum absolute atomic E-state index is 0.0704. The first-order chi connectivity index (χ1) is 14.6. The number of amides is 1. The zero-order valence-electron chi connectivity index (χ0n) is 17.9. The summed E-state index contributed by atoms with van der Waals surface area (Å²) in [5.41, 5.74) is 4.04. The molecule has 8 heteroatoms. The van der Waals surface area contributed by atoms with Crippen LogP contribution in [0.3, 0.4) is 0 Å². The van der Waals surface area contributed by atoms with Crippen molar-refractivity contribution < 1.29 is 18.0 Å². The molecule has 166 valence electrons. The van der Waals surface area contributed by atoms with Gasteiger partial charge in [-0.25, -0.2) is 0 Å². The van der Waals surface area contributed by atoms with E-state index in [2.05, 4.69) is 15.3 Å². The molecule has 1 aliphatic heterocycles. The van der Waals surface area contributed by atoms with Crippen molar-refractivity contribution in [2.75, 3.05) is 16.8 Å². The second-order valence-electron chi connectivity index (χ2n) is 9.64. The molecule has 0 unspecified atom stereocenters. The Morgan fingerprint density at radius 3 is 2.45 bits per heavy atom. The zero-order valence-corrected chi connectivity index (χ0v) is 17.9. The van der Waals surface area contributed by atoms with Gasteiger partial charge < -0.3 is 10.2 Å². The SMILES string of the molecule is Cc1cc(N2CCn3nc(C(F)(F)F)cc3C2)cc(C)c1NC(=O)CC1CC2(CC2)C1. The Morgan fingerprint density at radius 1 is 1.16 bits per heavy atom. The number of carbonyl (C=O) groups excluding carboxylic acids is 1. The third-order valence-corrected chi connectivity index (χ3v) is 7.11. The van der Waals surface area contributed by atoms with Crippen molar-refractivity contribution in [3.05, 3.63) is 40.7 Å². The van der Waals surface area contributed by atoms with Gasteiger partial charge >= 0.3 is 6.18 Å². The number of carbonyl (C=O) groups is 1. The van der Waals surface area contributed by atoms with Crippen molar-refractivity contribution in [3.63, 3.8) is 0 Å². The van der Waals surface area contributed by atoms with Crippen LogP contribution in [0.15, 0.2) is 18.2 Å². The average molecular weight is 432 g/mol. The molecule has 0 saturated heterocycles. The predicted octanol–water partition coefficient (Wildman–Crippen LogP) is 5.06. The van der Waals surface area contributed by atoms with Gasteiger partial charge in [0.25, 0.3) is 0 Å². The van der Waals surface area contributed by atoms with Crippen molar-refractivity contribution in [1.29, 1.82) is 0 Å². The van der Waals surface area contributed by atoms with Crippen LogP contribution in [0.4, 0.5) is 24.5 Å². The molecule has 5 rings (SSSR count). The molecule has 1 amide bonds. The van der Waals surface area contributed by atoms with Crippen molar-refractivity contribution >= 4 is 17.3 Å². The third kappa shape index (κ3) is 3.92. The maximum absolute atomic E-state index is 13.0. The Bertz CT molecular complexity index is 1010. The molecule has 31 heavy (non-hydrogen) atoms. The molecule has 1 aromatic heterocycles. The van der Waals surface area contributed by atoms with Gasteiger partial charge in [0.2, 0.25) is 5.91 Å². The first-order valence-corrected chi connectivity index (χ1v) is 10.9. The summed E-state index contributed by atoms with van der Waals surface area (Å²) in [6, 6.07) is 5.14. The minimum atomic E-state index is -4.43. The Kier molecular flexibility index (Phi) is 4.61. The molecule has 1 spiro atoms. The van der Waals surface area contributed by atoms with Gasteiger partial charge in [0.1, 0.15) is 0 Å². The molecule has 2 aromatic rings. The number of nitrogens with one attached hydrogen (secondary N) is 1. The number of alkyl halides is 3. The van der Waals surface area contributed by atoms with Crippen LogP contribution in [0.2, 0.25) is 0 Å². The number of halogens is 3. The molecule has 0 radical (unpaired) electrons. The van der Waals surface area contributed by atoms with Gasteiger partial charge in [-0.15, -0.1) is 0 Å². The summed E-state index contributed by atoms with van der Waals surface area (Å²) in [6.45, 7) is 5.29. The number of fused-ring (bicyclic) bond motifs is 1. The first-order valence-electron chi connectivity index (χ1n) is 10.9. The van der Waals surface area contributed by atoms with Crippen LogP contribution in [0.1, 0.15) is 54.6 Å². The molecule has 3 aliphatic rings. The lowest BCUT2D eigenvalue weighted by molar-refractivity contribution is -0.141. The third-order valence-electron chi connectivity index (χ3n) is 7.11. The highest BCUT2D eigenvalue weighted by Crippen LogP contribution is 2.64. The molecule has 2 heterocycles. The summed E-state index contributed by atoms with van der Waals surface area (Å²) >= 11 is 0. The van der Waals surface area contributed by atoms with E-state index in [-0.39, 0.29) is 5.91 Å². The lowest BCUT2D eigenvalue weighted by Gasteiger charge is -2.35. The molecule has 2 fully saturated rings. The van der Waals surface area contributed by atoms with Crippen LogP contribution in [0.25, 0.3) is 0 Å². The summed E-state index contributed by atoms with van der Waals surface area (Å²) in [6.07, 6.45) is 1.21. The summed E-state index contributed by atoms with van der Waals surface area (Å²) in [7, 11) is 0. The number of benzene rings is 1. The molecular formula is C23H27F3N4O. The van der Waals surface area contributed by atoms with Crippen LogP contribution in [-0.2, 0) is 24.1 Å². The quantitative estimate of drug-likeness (QED) is 0.735. The number of nitrogens with zero attached hydrogens (tertiary/aromatic N) is 3. The first kappa shape index (κ1) is 20.4. The van der Waals surface area contributed by atoms with E-state index in [9.17, 15) is 18.0 Å². The van der Waals surface area contributed by atoms with E-state index in [1.165, 1.54) is 30.4 Å². The second-order valence-corrected chi connectivity index (χ2v) is 9.64. The smallest absolute Gasteiger partial charge is 0.364 e. The highest BCUT2D eigenvalue weighted by molar-refractivity contribution is 5.93. The minimum Gasteiger partial charge on any atom is -0.364 e. The molecular weight excluding hydrogens is 405 g/mol. The molecule has 1 N–H and O–H groups in total. The Balaban J connectivity index is 1.26. The van der Waals surface area contributed by atoms with Crippen LogP contribution >= 0.6 is 0 Å². The van der Waals surface area contributed by atoms with Gasteiger partial charge in [-0.05, 0) is 80.2 Å². The zero-order chi connectivity index (χ0) is 22.0. The fourth-order valence-corrected chi connectivity index (χ4v) is 5.29. The van der Waals surface area contributed by atoms with Crippen LogP contribution in [0.5, 0.6) is 0 Å². The average Bonchev–Trinajstić information content (AvgIpc) is 3.32. The van der Waals surface area contributed by atoms with Gasteiger partial charge in [0.05, 0.1) is 18.8 Å². The predicted molar refractivity (Wildman–Crippen MR) is 112 cm³/mol. The van der Waals surface area contributed by atoms with Crippen molar-refractivity contribution in [1.82, 2.24) is 9.78 Å². The number of rotatable bonds is 4. The summed E-state index contributed by atoms with van der Waals surface area (Å²) < 4.78 is 40.4. The van der Waals surface area contributed by atoms with Crippen molar-refractivity contribution in [3.8, 4) is 0 Å². The summed E-state index contributed by atoms with van der Waals surface area (Å²) in [5.74, 6) is 0.586. The Hall–Kier alpha value is -2.51. The summed E-state index contributed by atoms with van der Waals surface area (Å²) in [4.78, 5) is 14.6. The van der Waals surface area contributed by atoms with E-state index >= 15 is 0 Å².